The Morgan fingerprint density at radius 1 is 1.14 bits per heavy atom. The van der Waals surface area contributed by atoms with Gasteiger partial charge in [-0.15, -0.1) is 10.2 Å². The fourth-order valence-corrected chi connectivity index (χ4v) is 1.80. The summed E-state index contributed by atoms with van der Waals surface area (Å²) in [6.45, 7) is 0. The first-order valence-electron chi connectivity index (χ1n) is 5.41. The van der Waals surface area contributed by atoms with Gasteiger partial charge in [0.2, 0.25) is 0 Å². The first-order chi connectivity index (χ1) is 9.88. The van der Waals surface area contributed by atoms with Crippen molar-refractivity contribution in [2.45, 2.75) is 0 Å². The van der Waals surface area contributed by atoms with Gasteiger partial charge in [-0.2, -0.15) is 0 Å². The summed E-state index contributed by atoms with van der Waals surface area (Å²) in [5.74, 6) is -3.04. The smallest absolute Gasteiger partial charge is 0.338 e. The van der Waals surface area contributed by atoms with Gasteiger partial charge in [-0.25, -0.2) is 9.18 Å². The molecule has 0 saturated carbocycles. The number of benzene rings is 1. The second kappa shape index (κ2) is 6.02. The van der Waals surface area contributed by atoms with Gasteiger partial charge in [0.1, 0.15) is 5.82 Å². The lowest BCUT2D eigenvalue weighted by molar-refractivity contribution is 0.0691. The van der Waals surface area contributed by atoms with Crippen molar-refractivity contribution in [1.29, 1.82) is 0 Å². The molecule has 2 aromatic rings. The van der Waals surface area contributed by atoms with Gasteiger partial charge in [0.05, 0.1) is 11.1 Å². The number of aromatic carboxylic acids is 1. The molecule has 0 unspecified atom stereocenters. The van der Waals surface area contributed by atoms with Gasteiger partial charge in [-0.05, 0) is 24.3 Å². The fraction of sp³-hybridized carbons (Fsp3) is 0. The van der Waals surface area contributed by atoms with E-state index in [1.807, 2.05) is 0 Å². The minimum Gasteiger partial charge on any atom is -0.478 e. The quantitative estimate of drug-likeness (QED) is 0.903. The summed E-state index contributed by atoms with van der Waals surface area (Å²) < 4.78 is 13.2. The SMILES string of the molecule is O=C(O)c1cc(NC(=O)c2cc(Cl)nnc2Cl)ccc1F. The summed E-state index contributed by atoms with van der Waals surface area (Å²) >= 11 is 11.3. The van der Waals surface area contributed by atoms with Crippen molar-refractivity contribution >= 4 is 40.8 Å². The van der Waals surface area contributed by atoms with Crippen LogP contribution < -0.4 is 5.32 Å². The maximum atomic E-state index is 13.2. The van der Waals surface area contributed by atoms with Gasteiger partial charge in [-0.3, -0.25) is 4.79 Å². The van der Waals surface area contributed by atoms with Crippen LogP contribution in [0.2, 0.25) is 10.3 Å². The van der Waals surface area contributed by atoms with E-state index < -0.39 is 23.3 Å². The number of amides is 1. The molecule has 2 N–H and O–H groups in total. The molecular weight excluding hydrogens is 324 g/mol. The van der Waals surface area contributed by atoms with Gasteiger partial charge in [0.15, 0.2) is 10.3 Å². The maximum Gasteiger partial charge on any atom is 0.338 e. The zero-order valence-corrected chi connectivity index (χ0v) is 11.6. The van der Waals surface area contributed by atoms with E-state index in [1.54, 1.807) is 0 Å². The third-order valence-electron chi connectivity index (χ3n) is 2.42. The Labute approximate surface area is 127 Å². The fourth-order valence-electron chi connectivity index (χ4n) is 1.48. The van der Waals surface area contributed by atoms with E-state index in [-0.39, 0.29) is 21.6 Å². The lowest BCUT2D eigenvalue weighted by atomic mass is 10.2. The van der Waals surface area contributed by atoms with Crippen LogP contribution in [0.15, 0.2) is 24.3 Å². The lowest BCUT2D eigenvalue weighted by Gasteiger charge is -2.07. The van der Waals surface area contributed by atoms with E-state index in [0.29, 0.717) is 0 Å². The van der Waals surface area contributed by atoms with Crippen LogP contribution in [-0.4, -0.2) is 27.2 Å². The normalized spacial score (nSPS) is 10.2. The molecule has 1 heterocycles. The van der Waals surface area contributed by atoms with Gasteiger partial charge in [0, 0.05) is 5.69 Å². The van der Waals surface area contributed by atoms with Crippen LogP contribution in [-0.2, 0) is 0 Å². The Bertz CT molecular complexity index is 740. The molecule has 0 fully saturated rings. The molecule has 0 aliphatic carbocycles. The van der Waals surface area contributed by atoms with E-state index in [9.17, 15) is 14.0 Å². The number of carbonyl (C=O) groups is 2. The van der Waals surface area contributed by atoms with E-state index in [2.05, 4.69) is 15.5 Å². The average Bonchev–Trinajstić information content (AvgIpc) is 2.43. The number of nitrogens with one attached hydrogen (secondary N) is 1. The molecule has 0 aliphatic heterocycles. The van der Waals surface area contributed by atoms with Crippen molar-refractivity contribution in [2.24, 2.45) is 0 Å². The Kier molecular flexibility index (Phi) is 4.35. The average molecular weight is 330 g/mol. The lowest BCUT2D eigenvalue weighted by Crippen LogP contribution is -2.14. The first kappa shape index (κ1) is 15.1. The monoisotopic (exact) mass is 329 g/mol. The Hall–Kier alpha value is -2.25. The molecule has 0 aliphatic rings. The van der Waals surface area contributed by atoms with Crippen molar-refractivity contribution < 1.29 is 19.1 Å². The Morgan fingerprint density at radius 2 is 1.86 bits per heavy atom. The van der Waals surface area contributed by atoms with Crippen LogP contribution in [0.3, 0.4) is 0 Å². The first-order valence-corrected chi connectivity index (χ1v) is 6.17. The van der Waals surface area contributed by atoms with E-state index in [1.165, 1.54) is 12.1 Å². The molecule has 0 radical (unpaired) electrons. The highest BCUT2D eigenvalue weighted by atomic mass is 35.5. The molecule has 6 nitrogen and oxygen atoms in total. The molecule has 0 bridgehead atoms. The number of halogens is 3. The van der Waals surface area contributed by atoms with Crippen molar-refractivity contribution in [3.05, 3.63) is 51.5 Å². The highest BCUT2D eigenvalue weighted by molar-refractivity contribution is 6.34. The third-order valence-corrected chi connectivity index (χ3v) is 2.88. The van der Waals surface area contributed by atoms with Crippen LogP contribution >= 0.6 is 23.2 Å². The predicted octanol–water partition coefficient (Wildman–Crippen LogP) is 2.87. The zero-order valence-electron chi connectivity index (χ0n) is 10.1. The molecule has 1 aromatic heterocycles. The molecule has 108 valence electrons. The highest BCUT2D eigenvalue weighted by Gasteiger charge is 2.16. The Morgan fingerprint density at radius 3 is 2.52 bits per heavy atom. The second-order valence-corrected chi connectivity index (χ2v) is 4.57. The van der Waals surface area contributed by atoms with E-state index in [4.69, 9.17) is 28.3 Å². The van der Waals surface area contributed by atoms with Crippen LogP contribution in [0.4, 0.5) is 10.1 Å². The standard InChI is InChI=1S/C12H6Cl2FN3O3/c13-9-4-7(10(14)18-17-9)11(19)16-5-1-2-8(15)6(3-5)12(20)21/h1-4H,(H,16,19)(H,20,21). The van der Waals surface area contributed by atoms with Crippen LogP contribution in [0.1, 0.15) is 20.7 Å². The highest BCUT2D eigenvalue weighted by Crippen LogP contribution is 2.19. The summed E-state index contributed by atoms with van der Waals surface area (Å²) in [7, 11) is 0. The number of rotatable bonds is 3. The summed E-state index contributed by atoms with van der Waals surface area (Å²) in [6, 6.07) is 4.33. The molecule has 0 spiro atoms. The number of nitrogens with zero attached hydrogens (tertiary/aromatic N) is 2. The number of hydrogen-bond acceptors (Lipinski definition) is 4. The molecular formula is C12H6Cl2FN3O3. The van der Waals surface area contributed by atoms with Gasteiger partial charge < -0.3 is 10.4 Å². The zero-order chi connectivity index (χ0) is 15.6. The van der Waals surface area contributed by atoms with Crippen molar-refractivity contribution in [3.8, 4) is 0 Å². The number of carbonyl (C=O) groups excluding carboxylic acids is 1. The van der Waals surface area contributed by atoms with Gasteiger partial charge in [0.25, 0.3) is 5.91 Å². The minimum absolute atomic E-state index is 0.0325. The molecule has 1 amide bonds. The molecule has 2 rings (SSSR count). The van der Waals surface area contributed by atoms with Crippen molar-refractivity contribution in [3.63, 3.8) is 0 Å². The van der Waals surface area contributed by atoms with Gasteiger partial charge in [-0.1, -0.05) is 23.2 Å². The topological polar surface area (TPSA) is 92.2 Å². The van der Waals surface area contributed by atoms with Crippen LogP contribution in [0.25, 0.3) is 0 Å². The van der Waals surface area contributed by atoms with Crippen molar-refractivity contribution in [1.82, 2.24) is 10.2 Å². The summed E-state index contributed by atoms with van der Waals surface area (Å²) in [5, 5.41) is 17.9. The molecule has 21 heavy (non-hydrogen) atoms. The summed E-state index contributed by atoms with van der Waals surface area (Å²) in [4.78, 5) is 22.8. The molecule has 1 aromatic carbocycles. The number of anilines is 1. The van der Waals surface area contributed by atoms with E-state index >= 15 is 0 Å². The summed E-state index contributed by atoms with van der Waals surface area (Å²) in [6.07, 6.45) is 0. The van der Waals surface area contributed by atoms with Crippen LogP contribution in [0.5, 0.6) is 0 Å². The second-order valence-electron chi connectivity index (χ2n) is 3.83. The van der Waals surface area contributed by atoms with E-state index in [0.717, 1.165) is 12.1 Å². The number of hydrogen-bond donors (Lipinski definition) is 2. The molecule has 0 saturated heterocycles. The molecule has 0 atom stereocenters. The number of carboxylic acid groups (broad SMARTS) is 1. The predicted molar refractivity (Wildman–Crippen MR) is 73.4 cm³/mol. The number of carboxylic acids is 1. The van der Waals surface area contributed by atoms with Crippen LogP contribution in [0, 0.1) is 5.82 Å². The maximum absolute atomic E-state index is 13.2. The van der Waals surface area contributed by atoms with Crippen molar-refractivity contribution in [2.75, 3.05) is 5.32 Å². The third kappa shape index (κ3) is 3.45. The minimum atomic E-state index is -1.45. The Balaban J connectivity index is 2.29. The molecule has 9 heteroatoms. The summed E-state index contributed by atoms with van der Waals surface area (Å²) in [5.41, 5.74) is -0.523. The van der Waals surface area contributed by atoms with Gasteiger partial charge >= 0.3 is 5.97 Å². The number of aromatic nitrogens is 2. The largest absolute Gasteiger partial charge is 0.478 e.